The molecule has 0 amide bonds. The minimum atomic E-state index is -1.14. The Hall–Kier alpha value is -3.19. The number of aliphatic hydroxyl groups is 1. The van der Waals surface area contributed by atoms with E-state index in [4.69, 9.17) is 4.42 Å². The van der Waals surface area contributed by atoms with Gasteiger partial charge in [-0.2, -0.15) is 4.52 Å². The number of hydrogen-bond donors (Lipinski definition) is 2. The average Bonchev–Trinajstić information content (AvgIpc) is 3.31. The maximum Gasteiger partial charge on any atom is 0.185 e. The van der Waals surface area contributed by atoms with Crippen molar-refractivity contribution in [3.8, 4) is 11.4 Å². The number of nitrogens with zero attached hydrogens (tertiary/aromatic N) is 4. The zero-order valence-corrected chi connectivity index (χ0v) is 13.6. The van der Waals surface area contributed by atoms with Gasteiger partial charge in [0.15, 0.2) is 11.5 Å². The molecule has 25 heavy (non-hydrogen) atoms. The minimum Gasteiger partial charge on any atom is -0.466 e. The minimum absolute atomic E-state index is 0.252. The van der Waals surface area contributed by atoms with Crippen molar-refractivity contribution in [2.24, 2.45) is 0 Å². The highest BCUT2D eigenvalue weighted by atomic mass is 16.4. The van der Waals surface area contributed by atoms with Crippen LogP contribution < -0.4 is 5.32 Å². The lowest BCUT2D eigenvalue weighted by Gasteiger charge is -2.21. The molecule has 3 aromatic heterocycles. The molecule has 0 fully saturated rings. The second-order valence-electron chi connectivity index (χ2n) is 5.98. The smallest absolute Gasteiger partial charge is 0.185 e. The standard InChI is InChI=1S/C18H17N5O2/c1-18(24,14-8-5-11-25-14)12-19-15-9-10-16-20-21-17(23(16)22-15)13-6-3-2-4-7-13/h2-11,24H,12H2,1H3,(H,19,22). The molecule has 0 aliphatic carbocycles. The van der Waals surface area contributed by atoms with Crippen LogP contribution in [0.15, 0.2) is 65.3 Å². The summed E-state index contributed by atoms with van der Waals surface area (Å²) in [5, 5.41) is 26.6. The quantitative estimate of drug-likeness (QED) is 0.583. The third-order valence-corrected chi connectivity index (χ3v) is 3.96. The van der Waals surface area contributed by atoms with Crippen LogP contribution in [-0.4, -0.2) is 31.5 Å². The second-order valence-corrected chi connectivity index (χ2v) is 5.98. The molecule has 0 aliphatic rings. The second kappa shape index (κ2) is 6.03. The molecule has 1 unspecified atom stereocenters. The third kappa shape index (κ3) is 2.97. The van der Waals surface area contributed by atoms with Crippen LogP contribution in [0.2, 0.25) is 0 Å². The van der Waals surface area contributed by atoms with Crippen LogP contribution in [0.4, 0.5) is 5.82 Å². The zero-order chi connectivity index (χ0) is 17.3. The van der Waals surface area contributed by atoms with E-state index in [1.54, 1.807) is 29.6 Å². The maximum atomic E-state index is 10.5. The first kappa shape index (κ1) is 15.3. The van der Waals surface area contributed by atoms with E-state index in [-0.39, 0.29) is 6.54 Å². The first-order valence-electron chi connectivity index (χ1n) is 7.92. The van der Waals surface area contributed by atoms with Gasteiger partial charge in [-0.05, 0) is 31.2 Å². The molecule has 0 spiro atoms. The molecule has 7 nitrogen and oxygen atoms in total. The molecule has 0 aliphatic heterocycles. The molecular formula is C18H17N5O2. The highest BCUT2D eigenvalue weighted by Crippen LogP contribution is 2.22. The Morgan fingerprint density at radius 1 is 1.08 bits per heavy atom. The Bertz CT molecular complexity index is 977. The summed E-state index contributed by atoms with van der Waals surface area (Å²) in [6, 6.07) is 16.9. The molecule has 0 radical (unpaired) electrons. The van der Waals surface area contributed by atoms with Crippen molar-refractivity contribution in [3.63, 3.8) is 0 Å². The van der Waals surface area contributed by atoms with E-state index in [1.807, 2.05) is 36.4 Å². The number of furan rings is 1. The maximum absolute atomic E-state index is 10.5. The lowest BCUT2D eigenvalue weighted by atomic mass is 10.0. The summed E-state index contributed by atoms with van der Waals surface area (Å²) in [6.45, 7) is 1.94. The number of fused-ring (bicyclic) bond motifs is 1. The van der Waals surface area contributed by atoms with Gasteiger partial charge in [-0.15, -0.1) is 15.3 Å². The van der Waals surface area contributed by atoms with Crippen LogP contribution in [0, 0.1) is 0 Å². The number of hydrogen-bond acceptors (Lipinski definition) is 6. The molecule has 7 heteroatoms. The van der Waals surface area contributed by atoms with Crippen molar-refractivity contribution in [3.05, 3.63) is 66.6 Å². The highest BCUT2D eigenvalue weighted by molar-refractivity contribution is 5.59. The number of nitrogens with one attached hydrogen (secondary N) is 1. The molecule has 0 bridgehead atoms. The third-order valence-electron chi connectivity index (χ3n) is 3.96. The van der Waals surface area contributed by atoms with Gasteiger partial charge in [-0.1, -0.05) is 30.3 Å². The van der Waals surface area contributed by atoms with Gasteiger partial charge in [-0.3, -0.25) is 0 Å². The Morgan fingerprint density at radius 3 is 2.68 bits per heavy atom. The van der Waals surface area contributed by atoms with Crippen molar-refractivity contribution in [1.29, 1.82) is 0 Å². The van der Waals surface area contributed by atoms with E-state index in [0.29, 0.717) is 23.0 Å². The fourth-order valence-corrected chi connectivity index (χ4v) is 2.59. The predicted molar refractivity (Wildman–Crippen MR) is 93.0 cm³/mol. The van der Waals surface area contributed by atoms with Crippen molar-refractivity contribution < 1.29 is 9.52 Å². The molecule has 1 atom stereocenters. The van der Waals surface area contributed by atoms with Crippen LogP contribution in [0.5, 0.6) is 0 Å². The van der Waals surface area contributed by atoms with Crippen LogP contribution in [-0.2, 0) is 5.60 Å². The molecule has 4 aromatic rings. The number of aromatic nitrogens is 4. The molecule has 3 heterocycles. The molecular weight excluding hydrogens is 318 g/mol. The van der Waals surface area contributed by atoms with Crippen LogP contribution in [0.1, 0.15) is 12.7 Å². The van der Waals surface area contributed by atoms with Gasteiger partial charge in [0.25, 0.3) is 0 Å². The molecule has 0 saturated carbocycles. The lowest BCUT2D eigenvalue weighted by Crippen LogP contribution is -2.30. The SMILES string of the molecule is CC(O)(CNc1ccc2nnc(-c3ccccc3)n2n1)c1ccco1. The van der Waals surface area contributed by atoms with Crippen LogP contribution in [0.3, 0.4) is 0 Å². The predicted octanol–water partition coefficient (Wildman–Crippen LogP) is 2.70. The number of anilines is 1. The Morgan fingerprint density at radius 2 is 1.92 bits per heavy atom. The summed E-state index contributed by atoms with van der Waals surface area (Å²) < 4.78 is 6.97. The summed E-state index contributed by atoms with van der Waals surface area (Å²) in [5.41, 5.74) is 0.444. The van der Waals surface area contributed by atoms with Gasteiger partial charge in [0, 0.05) is 5.56 Å². The van der Waals surface area contributed by atoms with E-state index in [2.05, 4.69) is 20.6 Å². The molecule has 0 saturated heterocycles. The van der Waals surface area contributed by atoms with Crippen LogP contribution >= 0.6 is 0 Å². The van der Waals surface area contributed by atoms with Gasteiger partial charge >= 0.3 is 0 Å². The summed E-state index contributed by atoms with van der Waals surface area (Å²) in [7, 11) is 0. The number of rotatable bonds is 5. The lowest BCUT2D eigenvalue weighted by molar-refractivity contribution is 0.0475. The van der Waals surface area contributed by atoms with Crippen molar-refractivity contribution in [1.82, 2.24) is 19.8 Å². The van der Waals surface area contributed by atoms with Gasteiger partial charge in [0.2, 0.25) is 0 Å². The van der Waals surface area contributed by atoms with Crippen LogP contribution in [0.25, 0.3) is 17.0 Å². The Labute approximate surface area is 143 Å². The van der Waals surface area contributed by atoms with E-state index < -0.39 is 5.60 Å². The average molecular weight is 335 g/mol. The van der Waals surface area contributed by atoms with Gasteiger partial charge in [0.1, 0.15) is 17.2 Å². The van der Waals surface area contributed by atoms with E-state index in [0.717, 1.165) is 5.56 Å². The molecule has 4 rings (SSSR count). The van der Waals surface area contributed by atoms with Gasteiger partial charge in [-0.25, -0.2) is 0 Å². The molecule has 2 N–H and O–H groups in total. The number of benzene rings is 1. The van der Waals surface area contributed by atoms with E-state index in [9.17, 15) is 5.11 Å². The van der Waals surface area contributed by atoms with E-state index >= 15 is 0 Å². The monoisotopic (exact) mass is 335 g/mol. The Kier molecular flexibility index (Phi) is 3.70. The fourth-order valence-electron chi connectivity index (χ4n) is 2.59. The summed E-state index contributed by atoms with van der Waals surface area (Å²) >= 11 is 0. The van der Waals surface area contributed by atoms with E-state index in [1.165, 1.54) is 6.26 Å². The molecule has 126 valence electrons. The fraction of sp³-hybridized carbons (Fsp3) is 0.167. The van der Waals surface area contributed by atoms with Crippen molar-refractivity contribution >= 4 is 11.5 Å². The van der Waals surface area contributed by atoms with Crippen molar-refractivity contribution in [2.45, 2.75) is 12.5 Å². The Balaban J connectivity index is 1.61. The van der Waals surface area contributed by atoms with Gasteiger partial charge < -0.3 is 14.8 Å². The summed E-state index contributed by atoms with van der Waals surface area (Å²) in [5.74, 6) is 1.77. The largest absolute Gasteiger partial charge is 0.466 e. The van der Waals surface area contributed by atoms with Gasteiger partial charge in [0.05, 0.1) is 12.8 Å². The first-order valence-corrected chi connectivity index (χ1v) is 7.92. The molecule has 1 aromatic carbocycles. The summed E-state index contributed by atoms with van der Waals surface area (Å²) in [4.78, 5) is 0. The topological polar surface area (TPSA) is 88.5 Å². The first-order chi connectivity index (χ1) is 12.1. The normalized spacial score (nSPS) is 13.7. The highest BCUT2D eigenvalue weighted by Gasteiger charge is 2.26. The van der Waals surface area contributed by atoms with Crippen molar-refractivity contribution in [2.75, 3.05) is 11.9 Å². The zero-order valence-electron chi connectivity index (χ0n) is 13.6. The summed E-state index contributed by atoms with van der Waals surface area (Å²) in [6.07, 6.45) is 1.54.